The third kappa shape index (κ3) is 9.82. The summed E-state index contributed by atoms with van der Waals surface area (Å²) in [5, 5.41) is 12.0. The molecule has 0 saturated carbocycles. The normalized spacial score (nSPS) is 12.3. The Labute approximate surface area is 96.3 Å². The molecule has 0 spiro atoms. The van der Waals surface area contributed by atoms with E-state index in [-0.39, 0.29) is 11.8 Å². The molecule has 0 aliphatic rings. The van der Waals surface area contributed by atoms with E-state index in [0.717, 1.165) is 19.3 Å². The second kappa shape index (κ2) is 10.1. The molecule has 0 aliphatic heterocycles. The lowest BCUT2D eigenvalue weighted by atomic mass is 10.2. The van der Waals surface area contributed by atoms with Crippen molar-refractivity contribution in [2.75, 3.05) is 18.1 Å². The summed E-state index contributed by atoms with van der Waals surface area (Å²) in [4.78, 5) is 10.7. The van der Waals surface area contributed by atoms with Gasteiger partial charge in [0.05, 0.1) is 17.6 Å². The van der Waals surface area contributed by atoms with Crippen LogP contribution in [0.25, 0.3) is 0 Å². The molecule has 0 radical (unpaired) electrons. The lowest BCUT2D eigenvalue weighted by molar-refractivity contribution is -0.109. The lowest BCUT2D eigenvalue weighted by Crippen LogP contribution is -2.33. The van der Waals surface area contributed by atoms with Crippen LogP contribution in [0.1, 0.15) is 26.2 Å². The maximum absolute atomic E-state index is 10.7. The number of aliphatic hydroxyl groups is 1. The average Bonchev–Trinajstić information content (AvgIpc) is 2.21. The van der Waals surface area contributed by atoms with Gasteiger partial charge in [-0.3, -0.25) is 0 Å². The molecule has 0 aromatic heterocycles. The van der Waals surface area contributed by atoms with Crippen molar-refractivity contribution < 1.29 is 9.90 Å². The van der Waals surface area contributed by atoms with E-state index in [9.17, 15) is 4.79 Å². The van der Waals surface area contributed by atoms with Crippen LogP contribution in [0, 0.1) is 0 Å². The Kier molecular flexibility index (Phi) is 9.73. The minimum Gasteiger partial charge on any atom is -0.512 e. The minimum atomic E-state index is -0.105. The molecule has 0 aromatic rings. The molecule has 15 heavy (non-hydrogen) atoms. The zero-order valence-electron chi connectivity index (χ0n) is 9.37. The van der Waals surface area contributed by atoms with Gasteiger partial charge in [0, 0.05) is 5.75 Å². The molecule has 3 nitrogen and oxygen atoms in total. The zero-order valence-corrected chi connectivity index (χ0v) is 10.2. The highest BCUT2D eigenvalue weighted by atomic mass is 32.2. The molecule has 0 saturated heterocycles. The van der Waals surface area contributed by atoms with Gasteiger partial charge in [-0.15, -0.1) is 0 Å². The molecular weight excluding hydrogens is 210 g/mol. The molecular formula is C11H21NO2S. The van der Waals surface area contributed by atoms with E-state index in [0.29, 0.717) is 11.5 Å². The van der Waals surface area contributed by atoms with Gasteiger partial charge in [-0.05, 0) is 13.0 Å². The molecule has 0 amide bonds. The number of aldehydes is 1. The summed E-state index contributed by atoms with van der Waals surface area (Å²) >= 11 is 1.51. The molecule has 0 bridgehead atoms. The van der Waals surface area contributed by atoms with Gasteiger partial charge in [0.1, 0.15) is 6.29 Å². The van der Waals surface area contributed by atoms with E-state index in [1.807, 2.05) is 0 Å². The summed E-state index contributed by atoms with van der Waals surface area (Å²) in [5.41, 5.74) is 0. The van der Waals surface area contributed by atoms with Crippen molar-refractivity contribution in [3.05, 3.63) is 12.3 Å². The third-order valence-corrected chi connectivity index (χ3v) is 3.05. The van der Waals surface area contributed by atoms with Crippen LogP contribution >= 0.6 is 11.8 Å². The predicted molar refractivity (Wildman–Crippen MR) is 66.5 cm³/mol. The fourth-order valence-electron chi connectivity index (χ4n) is 1.11. The largest absolute Gasteiger partial charge is 0.512 e. The summed E-state index contributed by atoms with van der Waals surface area (Å²) < 4.78 is 0. The summed E-state index contributed by atoms with van der Waals surface area (Å²) in [7, 11) is 0. The molecule has 0 aliphatic carbocycles. The summed E-state index contributed by atoms with van der Waals surface area (Å²) in [6.45, 7) is 6.43. The van der Waals surface area contributed by atoms with Crippen LogP contribution in [0.15, 0.2) is 12.3 Å². The number of carbonyl (C=O) groups excluding carboxylic acids is 1. The number of hydrogen-bond donors (Lipinski definition) is 2. The van der Waals surface area contributed by atoms with Gasteiger partial charge in [-0.1, -0.05) is 26.3 Å². The Morgan fingerprint density at radius 3 is 2.87 bits per heavy atom. The Hall–Kier alpha value is -0.480. The van der Waals surface area contributed by atoms with Gasteiger partial charge in [0.2, 0.25) is 0 Å². The van der Waals surface area contributed by atoms with E-state index < -0.39 is 0 Å². The van der Waals surface area contributed by atoms with Crippen LogP contribution in [0.4, 0.5) is 0 Å². The van der Waals surface area contributed by atoms with Crippen molar-refractivity contribution in [1.82, 2.24) is 5.32 Å². The Morgan fingerprint density at radius 2 is 2.33 bits per heavy atom. The van der Waals surface area contributed by atoms with Crippen LogP contribution in [0.5, 0.6) is 0 Å². The van der Waals surface area contributed by atoms with Gasteiger partial charge in [0.15, 0.2) is 0 Å². The van der Waals surface area contributed by atoms with Crippen molar-refractivity contribution >= 4 is 18.0 Å². The van der Waals surface area contributed by atoms with Crippen molar-refractivity contribution in [2.24, 2.45) is 0 Å². The Morgan fingerprint density at radius 1 is 1.60 bits per heavy atom. The van der Waals surface area contributed by atoms with Gasteiger partial charge in [-0.25, -0.2) is 0 Å². The summed E-state index contributed by atoms with van der Waals surface area (Å²) in [6.07, 6.45) is 4.42. The van der Waals surface area contributed by atoms with Crippen LogP contribution in [0.2, 0.25) is 0 Å². The molecule has 2 N–H and O–H groups in total. The molecule has 1 atom stereocenters. The van der Waals surface area contributed by atoms with E-state index in [1.165, 1.54) is 24.6 Å². The summed E-state index contributed by atoms with van der Waals surface area (Å²) in [5.74, 6) is 1.35. The van der Waals surface area contributed by atoms with Crippen molar-refractivity contribution in [3.8, 4) is 0 Å². The number of hydrogen-bond acceptors (Lipinski definition) is 4. The molecule has 0 unspecified atom stereocenters. The monoisotopic (exact) mass is 231 g/mol. The molecule has 0 heterocycles. The molecule has 0 aromatic carbocycles. The second-order valence-electron chi connectivity index (χ2n) is 3.49. The zero-order chi connectivity index (χ0) is 11.5. The Balaban J connectivity index is 3.46. The van der Waals surface area contributed by atoms with Crippen LogP contribution < -0.4 is 5.32 Å². The second-order valence-corrected chi connectivity index (χ2v) is 4.52. The first-order valence-electron chi connectivity index (χ1n) is 5.33. The standard InChI is InChI=1S/C11H21NO2S/c1-3-4-5-6-12-11(7-13)9-15-8-10(2)14/h7,11-12,14H,2-6,8-9H2,1H3/t11-/m1/s1. The highest BCUT2D eigenvalue weighted by Crippen LogP contribution is 2.05. The number of rotatable bonds is 10. The van der Waals surface area contributed by atoms with Crippen molar-refractivity contribution in [3.63, 3.8) is 0 Å². The molecule has 4 heteroatoms. The quantitative estimate of drug-likeness (QED) is 0.343. The number of carbonyl (C=O) groups is 1. The maximum atomic E-state index is 10.7. The third-order valence-electron chi connectivity index (χ3n) is 1.92. The van der Waals surface area contributed by atoms with Crippen LogP contribution in [-0.2, 0) is 4.79 Å². The van der Waals surface area contributed by atoms with Crippen LogP contribution in [0.3, 0.4) is 0 Å². The smallest absolute Gasteiger partial charge is 0.137 e. The highest BCUT2D eigenvalue weighted by Gasteiger charge is 2.05. The number of nitrogens with one attached hydrogen (secondary N) is 1. The summed E-state index contributed by atoms with van der Waals surface area (Å²) in [6, 6.07) is -0.105. The van der Waals surface area contributed by atoms with Crippen LogP contribution in [-0.4, -0.2) is 35.5 Å². The average molecular weight is 231 g/mol. The first-order chi connectivity index (χ1) is 7.20. The van der Waals surface area contributed by atoms with Crippen molar-refractivity contribution in [1.29, 1.82) is 0 Å². The van der Waals surface area contributed by atoms with Gasteiger partial charge in [-0.2, -0.15) is 11.8 Å². The predicted octanol–water partition coefficient (Wildman–Crippen LogP) is 2.14. The number of unbranched alkanes of at least 4 members (excludes halogenated alkanes) is 2. The molecule has 0 fully saturated rings. The lowest BCUT2D eigenvalue weighted by Gasteiger charge is -2.11. The molecule has 0 rings (SSSR count). The first-order valence-corrected chi connectivity index (χ1v) is 6.49. The number of thioether (sulfide) groups is 1. The fraction of sp³-hybridized carbons (Fsp3) is 0.727. The van der Waals surface area contributed by atoms with E-state index in [2.05, 4.69) is 18.8 Å². The van der Waals surface area contributed by atoms with E-state index in [4.69, 9.17) is 5.11 Å². The van der Waals surface area contributed by atoms with Gasteiger partial charge >= 0.3 is 0 Å². The SMILES string of the molecule is C=C(O)CSC[C@@H](C=O)NCCCCC. The number of aliphatic hydroxyl groups excluding tert-OH is 1. The van der Waals surface area contributed by atoms with Gasteiger partial charge < -0.3 is 15.2 Å². The van der Waals surface area contributed by atoms with Crippen molar-refractivity contribution in [2.45, 2.75) is 32.2 Å². The van der Waals surface area contributed by atoms with Gasteiger partial charge in [0.25, 0.3) is 0 Å². The maximum Gasteiger partial charge on any atom is 0.137 e. The molecule has 88 valence electrons. The van der Waals surface area contributed by atoms with E-state index in [1.54, 1.807) is 0 Å². The minimum absolute atomic E-state index is 0.105. The fourth-order valence-corrected chi connectivity index (χ4v) is 1.92. The first kappa shape index (κ1) is 14.5. The van der Waals surface area contributed by atoms with E-state index >= 15 is 0 Å². The topological polar surface area (TPSA) is 49.3 Å². The highest BCUT2D eigenvalue weighted by molar-refractivity contribution is 7.99. The Bertz CT molecular complexity index is 185.